The molecule has 22 heavy (non-hydrogen) atoms. The molecule has 118 valence electrons. The molecule has 0 aliphatic rings. The van der Waals surface area contributed by atoms with E-state index < -0.39 is 10.0 Å². The maximum absolute atomic E-state index is 12.4. The fraction of sp³-hybridized carbons (Fsp3) is 0.267. The minimum absolute atomic E-state index is 0.0513. The summed E-state index contributed by atoms with van der Waals surface area (Å²) in [5, 5.41) is 0. The van der Waals surface area contributed by atoms with Crippen LogP contribution in [0.25, 0.3) is 0 Å². The normalized spacial score (nSPS) is 12.9. The molecule has 1 aromatic carbocycles. The van der Waals surface area contributed by atoms with Gasteiger partial charge in [0.25, 0.3) is 0 Å². The van der Waals surface area contributed by atoms with Crippen LogP contribution in [0.15, 0.2) is 42.7 Å². The third-order valence-corrected chi connectivity index (χ3v) is 5.62. The molecule has 1 aromatic heterocycles. The maximum Gasteiger partial charge on any atom is 0.232 e. The minimum Gasteiger partial charge on any atom is -0.265 e. The summed E-state index contributed by atoms with van der Waals surface area (Å²) in [6.07, 6.45) is 4.59. The molecule has 0 saturated heterocycles. The molecular formula is C15H16BrIN2O2S. The number of sulfonamides is 1. The first-order chi connectivity index (χ1) is 10.3. The van der Waals surface area contributed by atoms with Crippen molar-refractivity contribution in [3.05, 3.63) is 57.4 Å². The van der Waals surface area contributed by atoms with Crippen molar-refractivity contribution < 1.29 is 8.42 Å². The Labute approximate surface area is 153 Å². The van der Waals surface area contributed by atoms with Gasteiger partial charge in [-0.3, -0.25) is 9.29 Å². The van der Waals surface area contributed by atoms with Crippen molar-refractivity contribution in [3.8, 4) is 0 Å². The molecule has 2 rings (SSSR count). The summed E-state index contributed by atoms with van der Waals surface area (Å²) in [6, 6.07) is 9.47. The number of rotatable bonds is 5. The Bertz CT molecular complexity index is 751. The molecule has 1 unspecified atom stereocenters. The van der Waals surface area contributed by atoms with Crippen molar-refractivity contribution in [2.24, 2.45) is 0 Å². The summed E-state index contributed by atoms with van der Waals surface area (Å²) in [5.74, 6) is 0. The van der Waals surface area contributed by atoms with Crippen LogP contribution >= 0.6 is 38.5 Å². The molecule has 0 spiro atoms. The minimum atomic E-state index is -3.41. The van der Waals surface area contributed by atoms with Gasteiger partial charge in [0.15, 0.2) is 0 Å². The van der Waals surface area contributed by atoms with Crippen LogP contribution in [0.2, 0.25) is 0 Å². The summed E-state index contributed by atoms with van der Waals surface area (Å²) >= 11 is 5.73. The van der Waals surface area contributed by atoms with Crippen LogP contribution in [0.1, 0.15) is 22.9 Å². The van der Waals surface area contributed by atoms with Crippen LogP contribution in [0.3, 0.4) is 0 Å². The van der Waals surface area contributed by atoms with E-state index in [9.17, 15) is 8.42 Å². The average Bonchev–Trinajstić information content (AvgIpc) is 2.45. The first-order valence-electron chi connectivity index (χ1n) is 6.60. The highest BCUT2D eigenvalue weighted by Crippen LogP contribution is 2.36. The van der Waals surface area contributed by atoms with Crippen LogP contribution < -0.4 is 4.31 Å². The molecule has 0 radical (unpaired) electrons. The van der Waals surface area contributed by atoms with Crippen LogP contribution in [0.5, 0.6) is 0 Å². The first-order valence-corrected chi connectivity index (χ1v) is 10.4. The van der Waals surface area contributed by atoms with Crippen molar-refractivity contribution in [1.82, 2.24) is 4.98 Å². The van der Waals surface area contributed by atoms with Crippen molar-refractivity contribution in [1.29, 1.82) is 0 Å². The predicted molar refractivity (Wildman–Crippen MR) is 102 cm³/mol. The fourth-order valence-electron chi connectivity index (χ4n) is 2.14. The lowest BCUT2D eigenvalue weighted by atomic mass is 10.1. The smallest absolute Gasteiger partial charge is 0.232 e. The molecule has 0 N–H and O–H groups in total. The number of halogens is 2. The van der Waals surface area contributed by atoms with Crippen molar-refractivity contribution >= 4 is 54.2 Å². The van der Waals surface area contributed by atoms with E-state index in [1.54, 1.807) is 18.5 Å². The van der Waals surface area contributed by atoms with E-state index in [-0.39, 0.29) is 11.4 Å². The first kappa shape index (κ1) is 17.7. The molecule has 0 amide bonds. The molecule has 0 aliphatic heterocycles. The lowest BCUT2D eigenvalue weighted by molar-refractivity contribution is 0.596. The molecule has 1 heterocycles. The Morgan fingerprint density at radius 1 is 1.32 bits per heavy atom. The second-order valence-corrected chi connectivity index (χ2v) is 9.37. The molecular weight excluding hydrogens is 479 g/mol. The van der Waals surface area contributed by atoms with Crippen LogP contribution in [-0.4, -0.2) is 19.7 Å². The third-order valence-electron chi connectivity index (χ3n) is 3.15. The van der Waals surface area contributed by atoms with Crippen molar-refractivity contribution in [2.75, 3.05) is 10.6 Å². The molecule has 4 nitrogen and oxygen atoms in total. The molecule has 1 atom stereocenters. The third kappa shape index (κ3) is 4.20. The molecule has 7 heteroatoms. The van der Waals surface area contributed by atoms with Crippen molar-refractivity contribution in [3.63, 3.8) is 0 Å². The number of hydrogen-bond donors (Lipinski definition) is 0. The molecule has 2 aromatic rings. The van der Waals surface area contributed by atoms with Gasteiger partial charge < -0.3 is 0 Å². The maximum atomic E-state index is 12.4. The molecule has 0 fully saturated rings. The van der Waals surface area contributed by atoms with Gasteiger partial charge in [-0.25, -0.2) is 8.42 Å². The Morgan fingerprint density at radius 2 is 2.05 bits per heavy atom. The number of benzene rings is 1. The average molecular weight is 495 g/mol. The molecule has 0 aliphatic carbocycles. The number of aromatic nitrogens is 1. The highest BCUT2D eigenvalue weighted by molar-refractivity contribution is 14.1. The fourth-order valence-corrected chi connectivity index (χ4v) is 4.40. The Morgan fingerprint density at radius 3 is 2.59 bits per heavy atom. The highest BCUT2D eigenvalue weighted by Gasteiger charge is 2.24. The zero-order valence-electron chi connectivity index (χ0n) is 12.2. The Hall–Kier alpha value is -0.670. The number of nitrogens with zero attached hydrogens (tertiary/aromatic N) is 2. The number of pyridine rings is 1. The van der Waals surface area contributed by atoms with Crippen LogP contribution in [0.4, 0.5) is 5.69 Å². The van der Waals surface area contributed by atoms with Crippen molar-refractivity contribution in [2.45, 2.75) is 18.3 Å². The second kappa shape index (κ2) is 7.27. The Balaban J connectivity index is 2.57. The van der Waals surface area contributed by atoms with E-state index in [1.807, 2.05) is 31.2 Å². The zero-order valence-corrected chi connectivity index (χ0v) is 16.8. The number of hydrogen-bond acceptors (Lipinski definition) is 3. The standard InChI is InChI=1S/C15H16BrIN2O2S/c1-11(16)13-6-3-7-14(17)15(13)19(22(2,20)21)10-12-5-4-8-18-9-12/h3-9,11H,10H2,1-2H3. The van der Waals surface area contributed by atoms with E-state index in [4.69, 9.17) is 0 Å². The van der Waals surface area contributed by atoms with Crippen LogP contribution in [0, 0.1) is 3.57 Å². The van der Waals surface area contributed by atoms with Gasteiger partial charge in [-0.2, -0.15) is 0 Å². The second-order valence-electron chi connectivity index (χ2n) is 4.92. The van der Waals surface area contributed by atoms with Gasteiger partial charge in [-0.15, -0.1) is 0 Å². The lowest BCUT2D eigenvalue weighted by Gasteiger charge is -2.27. The summed E-state index contributed by atoms with van der Waals surface area (Å²) in [6.45, 7) is 2.25. The summed E-state index contributed by atoms with van der Waals surface area (Å²) in [4.78, 5) is 4.11. The summed E-state index contributed by atoms with van der Waals surface area (Å²) < 4.78 is 27.0. The zero-order chi connectivity index (χ0) is 16.3. The van der Waals surface area contributed by atoms with Crippen LogP contribution in [-0.2, 0) is 16.6 Å². The van der Waals surface area contributed by atoms with Gasteiger partial charge in [0.1, 0.15) is 0 Å². The monoisotopic (exact) mass is 494 g/mol. The van der Waals surface area contributed by atoms with E-state index in [0.717, 1.165) is 20.4 Å². The topological polar surface area (TPSA) is 50.3 Å². The van der Waals surface area contributed by atoms with E-state index in [1.165, 1.54) is 10.6 Å². The van der Waals surface area contributed by atoms with Gasteiger partial charge in [-0.1, -0.05) is 34.1 Å². The predicted octanol–water partition coefficient (Wildman–Crippen LogP) is 4.11. The molecule has 0 saturated carbocycles. The van der Waals surface area contributed by atoms with Gasteiger partial charge in [0.2, 0.25) is 10.0 Å². The highest BCUT2D eigenvalue weighted by atomic mass is 127. The van der Waals surface area contributed by atoms with E-state index in [0.29, 0.717) is 0 Å². The summed E-state index contributed by atoms with van der Waals surface area (Å²) in [5.41, 5.74) is 2.51. The molecule has 0 bridgehead atoms. The Kier molecular flexibility index (Phi) is 5.84. The number of alkyl halides is 1. The largest absolute Gasteiger partial charge is 0.265 e. The number of anilines is 1. The van der Waals surface area contributed by atoms with Gasteiger partial charge in [0.05, 0.1) is 18.5 Å². The lowest BCUT2D eigenvalue weighted by Crippen LogP contribution is -2.31. The summed E-state index contributed by atoms with van der Waals surface area (Å²) in [7, 11) is -3.41. The van der Waals surface area contributed by atoms with Gasteiger partial charge >= 0.3 is 0 Å². The van der Waals surface area contributed by atoms with E-state index >= 15 is 0 Å². The van der Waals surface area contributed by atoms with E-state index in [2.05, 4.69) is 43.5 Å². The quantitative estimate of drug-likeness (QED) is 0.464. The van der Waals surface area contributed by atoms with Gasteiger partial charge in [-0.05, 0) is 52.8 Å². The SMILES string of the molecule is CC(Br)c1cccc(I)c1N(Cc1cccnc1)S(C)(=O)=O. The van der Waals surface area contributed by atoms with Gasteiger partial charge in [0, 0.05) is 20.8 Å². The number of para-hydroxylation sites is 1.